The van der Waals surface area contributed by atoms with Gasteiger partial charge in [0.05, 0.1) is 24.8 Å². The maximum atomic E-state index is 13.2. The molecule has 0 radical (unpaired) electrons. The number of benzene rings is 1. The molecule has 1 aromatic carbocycles. The SMILES string of the molecule is Fc1nccc(N[C@H]2CC[C@@H](Oc3cc(N4CCOCC4)cc4nccnc34)CC2)n1. The molecule has 31 heavy (non-hydrogen) atoms. The van der Waals surface area contributed by atoms with Gasteiger partial charge in [-0.1, -0.05) is 0 Å². The average molecular weight is 424 g/mol. The zero-order chi connectivity index (χ0) is 21.0. The van der Waals surface area contributed by atoms with E-state index in [1.165, 1.54) is 6.20 Å². The van der Waals surface area contributed by atoms with Gasteiger partial charge in [-0.3, -0.25) is 4.98 Å². The second-order valence-electron chi connectivity index (χ2n) is 7.91. The van der Waals surface area contributed by atoms with E-state index in [0.29, 0.717) is 5.82 Å². The van der Waals surface area contributed by atoms with E-state index >= 15 is 0 Å². The predicted octanol–water partition coefficient (Wildman–Crippen LogP) is 3.20. The lowest BCUT2D eigenvalue weighted by Gasteiger charge is -2.31. The number of aromatic nitrogens is 4. The van der Waals surface area contributed by atoms with Crippen LogP contribution in [0.4, 0.5) is 15.9 Å². The third kappa shape index (κ3) is 4.66. The van der Waals surface area contributed by atoms with Crippen molar-refractivity contribution in [3.05, 3.63) is 42.9 Å². The molecule has 0 bridgehead atoms. The van der Waals surface area contributed by atoms with Crippen molar-refractivity contribution in [2.75, 3.05) is 36.5 Å². The van der Waals surface area contributed by atoms with Crippen LogP contribution in [-0.2, 0) is 4.74 Å². The van der Waals surface area contributed by atoms with Crippen molar-refractivity contribution in [3.8, 4) is 5.75 Å². The van der Waals surface area contributed by atoms with Crippen LogP contribution in [0.3, 0.4) is 0 Å². The Morgan fingerprint density at radius 3 is 2.61 bits per heavy atom. The summed E-state index contributed by atoms with van der Waals surface area (Å²) >= 11 is 0. The van der Waals surface area contributed by atoms with Crippen LogP contribution < -0.4 is 15.0 Å². The minimum Gasteiger partial charge on any atom is -0.488 e. The summed E-state index contributed by atoms with van der Waals surface area (Å²) in [5.41, 5.74) is 2.71. The number of hydrogen-bond donors (Lipinski definition) is 1. The van der Waals surface area contributed by atoms with Gasteiger partial charge in [0.1, 0.15) is 17.1 Å². The first-order chi connectivity index (χ1) is 15.2. The van der Waals surface area contributed by atoms with Crippen LogP contribution in [-0.4, -0.2) is 58.4 Å². The number of fused-ring (bicyclic) bond motifs is 1. The first-order valence-corrected chi connectivity index (χ1v) is 10.7. The van der Waals surface area contributed by atoms with Crippen molar-refractivity contribution in [2.24, 2.45) is 0 Å². The number of rotatable bonds is 5. The van der Waals surface area contributed by atoms with E-state index in [9.17, 15) is 4.39 Å². The molecule has 0 spiro atoms. The Morgan fingerprint density at radius 1 is 1.00 bits per heavy atom. The monoisotopic (exact) mass is 424 g/mol. The van der Waals surface area contributed by atoms with Crippen molar-refractivity contribution in [2.45, 2.75) is 37.8 Å². The van der Waals surface area contributed by atoms with Gasteiger partial charge in [-0.15, -0.1) is 0 Å². The van der Waals surface area contributed by atoms with Crippen molar-refractivity contribution >= 4 is 22.5 Å². The lowest BCUT2D eigenvalue weighted by atomic mass is 9.93. The molecule has 0 amide bonds. The number of nitrogens with zero attached hydrogens (tertiary/aromatic N) is 5. The highest BCUT2D eigenvalue weighted by Crippen LogP contribution is 2.33. The normalized spacial score (nSPS) is 21.8. The molecular weight excluding hydrogens is 399 g/mol. The number of anilines is 2. The van der Waals surface area contributed by atoms with Crippen molar-refractivity contribution in [3.63, 3.8) is 0 Å². The molecule has 2 aromatic heterocycles. The molecule has 8 nitrogen and oxygen atoms in total. The minimum atomic E-state index is -0.713. The summed E-state index contributed by atoms with van der Waals surface area (Å²) in [6.45, 7) is 3.15. The minimum absolute atomic E-state index is 0.102. The third-order valence-corrected chi connectivity index (χ3v) is 5.85. The number of ether oxygens (including phenoxy) is 2. The fourth-order valence-corrected chi connectivity index (χ4v) is 4.25. The first-order valence-electron chi connectivity index (χ1n) is 10.7. The highest BCUT2D eigenvalue weighted by Gasteiger charge is 2.24. The Labute approximate surface area is 179 Å². The number of nitrogens with one attached hydrogen (secondary N) is 1. The van der Waals surface area contributed by atoms with E-state index in [4.69, 9.17) is 9.47 Å². The molecule has 3 heterocycles. The summed E-state index contributed by atoms with van der Waals surface area (Å²) < 4.78 is 25.1. The third-order valence-electron chi connectivity index (χ3n) is 5.85. The molecule has 1 aliphatic heterocycles. The van der Waals surface area contributed by atoms with Gasteiger partial charge >= 0.3 is 6.08 Å². The molecule has 5 rings (SSSR count). The quantitative estimate of drug-likeness (QED) is 0.625. The maximum Gasteiger partial charge on any atom is 0.310 e. The van der Waals surface area contributed by atoms with Crippen LogP contribution in [0, 0.1) is 6.08 Å². The maximum absolute atomic E-state index is 13.2. The fourth-order valence-electron chi connectivity index (χ4n) is 4.25. The van der Waals surface area contributed by atoms with E-state index in [-0.39, 0.29) is 12.1 Å². The van der Waals surface area contributed by atoms with E-state index in [2.05, 4.69) is 42.3 Å². The summed E-state index contributed by atoms with van der Waals surface area (Å²) in [6.07, 6.45) is 7.86. The second-order valence-corrected chi connectivity index (χ2v) is 7.91. The summed E-state index contributed by atoms with van der Waals surface area (Å²) in [5, 5.41) is 3.30. The Kier molecular flexibility index (Phi) is 5.75. The molecule has 2 aliphatic rings. The van der Waals surface area contributed by atoms with Crippen LogP contribution in [0.2, 0.25) is 0 Å². The fraction of sp³-hybridized carbons (Fsp3) is 0.455. The Bertz CT molecular complexity index is 1040. The van der Waals surface area contributed by atoms with Crippen LogP contribution in [0.1, 0.15) is 25.7 Å². The number of halogens is 1. The zero-order valence-corrected chi connectivity index (χ0v) is 17.2. The van der Waals surface area contributed by atoms with Crippen LogP contribution in [0.25, 0.3) is 11.0 Å². The van der Waals surface area contributed by atoms with E-state index in [1.807, 2.05) is 0 Å². The standard InChI is InChI=1S/C22H25FN6O2/c23-22-26-6-5-20(28-22)27-15-1-3-17(4-2-15)31-19-14-16(29-9-11-30-12-10-29)13-18-21(19)25-8-7-24-18/h5-8,13-15,17H,1-4,9-12H2,(H,26,27,28)/t15-,17+. The molecule has 9 heteroatoms. The number of hydrogen-bond acceptors (Lipinski definition) is 8. The summed E-state index contributed by atoms with van der Waals surface area (Å²) in [5.74, 6) is 1.30. The lowest BCUT2D eigenvalue weighted by molar-refractivity contribution is 0.122. The van der Waals surface area contributed by atoms with Gasteiger partial charge in [-0.25, -0.2) is 9.97 Å². The summed E-state index contributed by atoms with van der Waals surface area (Å²) in [7, 11) is 0. The molecule has 162 valence electrons. The molecule has 3 aromatic rings. The second kappa shape index (κ2) is 8.97. The first kappa shape index (κ1) is 19.9. The van der Waals surface area contributed by atoms with Gasteiger partial charge in [0.25, 0.3) is 0 Å². The van der Waals surface area contributed by atoms with Gasteiger partial charge in [0.2, 0.25) is 0 Å². The highest BCUT2D eigenvalue weighted by atomic mass is 19.1. The highest BCUT2D eigenvalue weighted by molar-refractivity contribution is 5.85. The van der Waals surface area contributed by atoms with Gasteiger partial charge in [-0.05, 0) is 37.8 Å². The average Bonchev–Trinajstić information content (AvgIpc) is 2.81. The molecule has 2 fully saturated rings. The zero-order valence-electron chi connectivity index (χ0n) is 17.2. The molecule has 0 unspecified atom stereocenters. The predicted molar refractivity (Wildman–Crippen MR) is 115 cm³/mol. The molecule has 1 saturated heterocycles. The van der Waals surface area contributed by atoms with E-state index in [0.717, 1.165) is 74.5 Å². The van der Waals surface area contributed by atoms with Crippen molar-refractivity contribution in [1.29, 1.82) is 0 Å². The van der Waals surface area contributed by atoms with Gasteiger partial charge in [0, 0.05) is 49.5 Å². The number of morpholine rings is 1. The van der Waals surface area contributed by atoms with Crippen LogP contribution in [0.5, 0.6) is 5.75 Å². The molecule has 0 atom stereocenters. The van der Waals surface area contributed by atoms with Gasteiger partial charge in [-0.2, -0.15) is 9.37 Å². The van der Waals surface area contributed by atoms with Crippen molar-refractivity contribution in [1.82, 2.24) is 19.9 Å². The molecular formula is C22H25FN6O2. The Morgan fingerprint density at radius 2 is 1.81 bits per heavy atom. The molecule has 1 N–H and O–H groups in total. The van der Waals surface area contributed by atoms with Crippen LogP contribution >= 0.6 is 0 Å². The smallest absolute Gasteiger partial charge is 0.310 e. The largest absolute Gasteiger partial charge is 0.488 e. The molecule has 1 saturated carbocycles. The molecule has 1 aliphatic carbocycles. The topological polar surface area (TPSA) is 85.3 Å². The van der Waals surface area contributed by atoms with E-state index < -0.39 is 6.08 Å². The van der Waals surface area contributed by atoms with E-state index in [1.54, 1.807) is 18.5 Å². The summed E-state index contributed by atoms with van der Waals surface area (Å²) in [4.78, 5) is 18.6. The Hall–Kier alpha value is -3.07. The Balaban J connectivity index is 1.28. The lowest BCUT2D eigenvalue weighted by Crippen LogP contribution is -2.36. The van der Waals surface area contributed by atoms with Crippen molar-refractivity contribution < 1.29 is 13.9 Å². The summed E-state index contributed by atoms with van der Waals surface area (Å²) in [6, 6.07) is 6.08. The van der Waals surface area contributed by atoms with Crippen LogP contribution in [0.15, 0.2) is 36.8 Å². The van der Waals surface area contributed by atoms with Gasteiger partial charge < -0.3 is 19.7 Å². The van der Waals surface area contributed by atoms with Gasteiger partial charge in [0.15, 0.2) is 0 Å².